The molecule has 8 nitrogen and oxygen atoms in total. The summed E-state index contributed by atoms with van der Waals surface area (Å²) in [6.45, 7) is 1.35. The summed E-state index contributed by atoms with van der Waals surface area (Å²) in [5.74, 6) is -2.46. The van der Waals surface area contributed by atoms with E-state index < -0.39 is 33.7 Å². The van der Waals surface area contributed by atoms with E-state index in [-0.39, 0.29) is 9.56 Å². The van der Waals surface area contributed by atoms with Gasteiger partial charge in [0.2, 0.25) is 21.7 Å². The molecule has 0 aliphatic carbocycles. The van der Waals surface area contributed by atoms with Crippen LogP contribution in [0.15, 0.2) is 20.0 Å². The van der Waals surface area contributed by atoms with Crippen molar-refractivity contribution in [1.82, 2.24) is 10.0 Å². The lowest BCUT2D eigenvalue weighted by Crippen LogP contribution is -2.43. The number of carbonyl (C=O) groups excluding carboxylic acids is 1. The van der Waals surface area contributed by atoms with Crippen LogP contribution in [0.4, 0.5) is 0 Å². The Balaban J connectivity index is 3.07. The molecule has 19 heavy (non-hydrogen) atoms. The van der Waals surface area contributed by atoms with E-state index in [1.807, 2.05) is 0 Å². The molecule has 0 spiro atoms. The van der Waals surface area contributed by atoms with Crippen molar-refractivity contribution in [3.8, 4) is 0 Å². The summed E-state index contributed by atoms with van der Waals surface area (Å²) in [4.78, 5) is 21.5. The Labute approximate surface area is 117 Å². The number of amides is 1. The van der Waals surface area contributed by atoms with Crippen molar-refractivity contribution in [3.05, 3.63) is 16.5 Å². The topological polar surface area (TPSA) is 126 Å². The zero-order valence-electron chi connectivity index (χ0n) is 9.93. The van der Waals surface area contributed by atoms with Crippen molar-refractivity contribution in [2.75, 3.05) is 7.05 Å². The molecule has 0 aliphatic rings. The maximum Gasteiger partial charge on any atom is 0.371 e. The molecule has 0 aromatic carbocycles. The van der Waals surface area contributed by atoms with Crippen LogP contribution in [0.3, 0.4) is 0 Å². The number of carboxylic acids is 1. The van der Waals surface area contributed by atoms with Crippen LogP contribution < -0.4 is 10.0 Å². The first-order chi connectivity index (χ1) is 8.69. The van der Waals surface area contributed by atoms with Crippen LogP contribution >= 0.6 is 15.9 Å². The third-order valence-corrected chi connectivity index (χ3v) is 4.53. The Morgan fingerprint density at radius 2 is 2.05 bits per heavy atom. The molecule has 10 heteroatoms. The molecule has 1 aromatic heterocycles. The summed E-state index contributed by atoms with van der Waals surface area (Å²) in [7, 11) is -2.71. The number of aromatic carboxylic acids is 1. The Kier molecular flexibility index (Phi) is 4.71. The highest BCUT2D eigenvalue weighted by Gasteiger charge is 2.27. The van der Waals surface area contributed by atoms with Crippen molar-refractivity contribution < 1.29 is 27.5 Å². The Morgan fingerprint density at radius 1 is 1.47 bits per heavy atom. The molecule has 3 N–H and O–H groups in total. The molecule has 0 radical (unpaired) electrons. The van der Waals surface area contributed by atoms with E-state index >= 15 is 0 Å². The lowest BCUT2D eigenvalue weighted by molar-refractivity contribution is -0.121. The molecule has 0 saturated heterocycles. The maximum absolute atomic E-state index is 11.9. The van der Waals surface area contributed by atoms with Gasteiger partial charge in [-0.2, -0.15) is 4.72 Å². The number of carboxylic acid groups (broad SMARTS) is 1. The number of hydrogen-bond acceptors (Lipinski definition) is 5. The van der Waals surface area contributed by atoms with Crippen molar-refractivity contribution in [3.63, 3.8) is 0 Å². The molecule has 1 rings (SSSR count). The zero-order valence-corrected chi connectivity index (χ0v) is 12.3. The minimum absolute atomic E-state index is 0.249. The number of nitrogens with one attached hydrogen (secondary N) is 2. The van der Waals surface area contributed by atoms with E-state index in [0.717, 1.165) is 6.07 Å². The first kappa shape index (κ1) is 15.7. The van der Waals surface area contributed by atoms with Gasteiger partial charge in [0.05, 0.1) is 6.04 Å². The first-order valence-electron chi connectivity index (χ1n) is 4.95. The number of hydrogen-bond donors (Lipinski definition) is 3. The Bertz CT molecular complexity index is 608. The first-order valence-corrected chi connectivity index (χ1v) is 7.23. The summed E-state index contributed by atoms with van der Waals surface area (Å²) < 4.78 is 30.5. The van der Waals surface area contributed by atoms with Gasteiger partial charge in [-0.05, 0) is 22.9 Å². The van der Waals surface area contributed by atoms with Crippen molar-refractivity contribution >= 4 is 37.8 Å². The molecule has 0 aliphatic heterocycles. The average Bonchev–Trinajstić information content (AvgIpc) is 2.70. The van der Waals surface area contributed by atoms with Crippen LogP contribution in [-0.2, 0) is 14.8 Å². The second kappa shape index (κ2) is 5.72. The second-order valence-corrected chi connectivity index (χ2v) is 5.91. The third kappa shape index (κ3) is 3.55. The van der Waals surface area contributed by atoms with Gasteiger partial charge >= 0.3 is 5.97 Å². The van der Waals surface area contributed by atoms with E-state index in [1.54, 1.807) is 0 Å². The van der Waals surface area contributed by atoms with Gasteiger partial charge in [0.25, 0.3) is 0 Å². The lowest BCUT2D eigenvalue weighted by atomic mass is 10.3. The van der Waals surface area contributed by atoms with Gasteiger partial charge in [-0.15, -0.1) is 0 Å². The molecule has 0 fully saturated rings. The lowest BCUT2D eigenvalue weighted by Gasteiger charge is -2.11. The third-order valence-electron chi connectivity index (χ3n) is 2.13. The molecular weight excluding hydrogens is 344 g/mol. The Morgan fingerprint density at radius 3 is 2.47 bits per heavy atom. The van der Waals surface area contributed by atoms with Gasteiger partial charge in [0.15, 0.2) is 4.67 Å². The second-order valence-electron chi connectivity index (χ2n) is 3.51. The van der Waals surface area contributed by atoms with Crippen LogP contribution in [0.25, 0.3) is 0 Å². The SMILES string of the molecule is CNC(=O)C(C)NS(=O)(=O)c1cc(C(=O)O)oc1Br. The van der Waals surface area contributed by atoms with Crippen LogP contribution in [0.5, 0.6) is 0 Å². The number of carbonyl (C=O) groups is 2. The van der Waals surface area contributed by atoms with E-state index in [1.165, 1.54) is 14.0 Å². The molecule has 106 valence electrons. The number of furan rings is 1. The smallest absolute Gasteiger partial charge is 0.371 e. The van der Waals surface area contributed by atoms with Gasteiger partial charge in [-0.1, -0.05) is 0 Å². The van der Waals surface area contributed by atoms with Gasteiger partial charge in [-0.25, -0.2) is 13.2 Å². The summed E-state index contributed by atoms with van der Waals surface area (Å²) in [5.41, 5.74) is 0. The van der Waals surface area contributed by atoms with Crippen molar-refractivity contribution in [2.24, 2.45) is 0 Å². The fourth-order valence-electron chi connectivity index (χ4n) is 1.21. The summed E-state index contributed by atoms with van der Waals surface area (Å²) in [5, 5.41) is 11.0. The quantitative estimate of drug-likeness (QED) is 0.691. The Hall–Kier alpha value is -1.39. The molecule has 1 amide bonds. The number of halogens is 1. The fourth-order valence-corrected chi connectivity index (χ4v) is 3.35. The predicted octanol–water partition coefficient (Wildman–Crippen LogP) is 0.153. The van der Waals surface area contributed by atoms with Crippen LogP contribution in [0.1, 0.15) is 17.5 Å². The fraction of sp³-hybridized carbons (Fsp3) is 0.333. The molecule has 1 aromatic rings. The standard InChI is InChI=1S/C9H11BrN2O6S/c1-4(8(13)11-2)12-19(16,17)6-3-5(9(14)15)18-7(6)10/h3-4,12H,1-2H3,(H,11,13)(H,14,15). The average molecular weight is 355 g/mol. The zero-order chi connectivity index (χ0) is 14.8. The summed E-state index contributed by atoms with van der Waals surface area (Å²) >= 11 is 2.82. The van der Waals surface area contributed by atoms with E-state index in [0.29, 0.717) is 0 Å². The molecule has 0 bridgehead atoms. The van der Waals surface area contributed by atoms with Crippen molar-refractivity contribution in [1.29, 1.82) is 0 Å². The maximum atomic E-state index is 11.9. The summed E-state index contributed by atoms with van der Waals surface area (Å²) in [6.07, 6.45) is 0. The molecule has 1 atom stereocenters. The van der Waals surface area contributed by atoms with Gasteiger partial charge in [0, 0.05) is 13.1 Å². The highest BCUT2D eigenvalue weighted by molar-refractivity contribution is 9.10. The van der Waals surface area contributed by atoms with Crippen LogP contribution in [0, 0.1) is 0 Å². The van der Waals surface area contributed by atoms with Crippen LogP contribution in [-0.4, -0.2) is 38.5 Å². The molecular formula is C9H11BrN2O6S. The normalized spacial score (nSPS) is 13.0. The minimum atomic E-state index is -4.07. The largest absolute Gasteiger partial charge is 0.475 e. The highest BCUT2D eigenvalue weighted by atomic mass is 79.9. The molecule has 1 heterocycles. The number of rotatable bonds is 5. The van der Waals surface area contributed by atoms with E-state index in [9.17, 15) is 18.0 Å². The van der Waals surface area contributed by atoms with Gasteiger partial charge in [-0.3, -0.25) is 4.79 Å². The summed E-state index contributed by atoms with van der Waals surface area (Å²) in [6, 6.07) is -0.157. The number of likely N-dealkylation sites (N-methyl/N-ethyl adjacent to an activating group) is 1. The van der Waals surface area contributed by atoms with E-state index in [2.05, 4.69) is 26.0 Å². The van der Waals surface area contributed by atoms with Gasteiger partial charge in [0.1, 0.15) is 4.90 Å². The van der Waals surface area contributed by atoms with Crippen LogP contribution in [0.2, 0.25) is 0 Å². The molecule has 0 saturated carbocycles. The molecule has 1 unspecified atom stereocenters. The number of sulfonamides is 1. The predicted molar refractivity (Wildman–Crippen MR) is 67.2 cm³/mol. The monoisotopic (exact) mass is 354 g/mol. The van der Waals surface area contributed by atoms with E-state index in [4.69, 9.17) is 9.52 Å². The van der Waals surface area contributed by atoms with Gasteiger partial charge < -0.3 is 14.8 Å². The van der Waals surface area contributed by atoms with Crippen molar-refractivity contribution in [2.45, 2.75) is 17.9 Å². The highest BCUT2D eigenvalue weighted by Crippen LogP contribution is 2.26. The minimum Gasteiger partial charge on any atom is -0.475 e.